The Bertz CT molecular complexity index is 1110. The largest absolute Gasteiger partial charge is 0.338 e. The minimum Gasteiger partial charge on any atom is -0.338 e. The van der Waals surface area contributed by atoms with Gasteiger partial charge < -0.3 is 10.3 Å². The lowest BCUT2D eigenvalue weighted by Gasteiger charge is -2.19. The number of anilines is 1. The molecule has 0 bridgehead atoms. The number of benzene rings is 2. The average Bonchev–Trinajstić information content (AvgIpc) is 3.32. The Hall–Kier alpha value is -3.48. The Balaban J connectivity index is 1.28. The van der Waals surface area contributed by atoms with Gasteiger partial charge in [0.2, 0.25) is 17.7 Å². The summed E-state index contributed by atoms with van der Waals surface area (Å²) in [5.74, 6) is -0.142. The van der Waals surface area contributed by atoms with Crippen molar-refractivity contribution in [1.82, 2.24) is 14.9 Å². The van der Waals surface area contributed by atoms with Crippen LogP contribution in [0.5, 0.6) is 0 Å². The van der Waals surface area contributed by atoms with E-state index in [-0.39, 0.29) is 42.5 Å². The zero-order chi connectivity index (χ0) is 21.4. The van der Waals surface area contributed by atoms with Crippen LogP contribution in [0.2, 0.25) is 0 Å². The van der Waals surface area contributed by atoms with Crippen molar-refractivity contribution in [2.45, 2.75) is 32.1 Å². The number of aromatic amines is 1. The quantitative estimate of drug-likeness (QED) is 0.620. The summed E-state index contributed by atoms with van der Waals surface area (Å²) in [5.41, 5.74) is 3.20. The fourth-order valence-electron chi connectivity index (χ4n) is 4.76. The SMILES string of the molecule is O=C(CCN1C(=O)C2CCCCC2C1=O)Nc1ccccc1-c1nc2ccccc2[nH]1. The van der Waals surface area contributed by atoms with Crippen LogP contribution in [0, 0.1) is 11.8 Å². The van der Waals surface area contributed by atoms with Gasteiger partial charge in [-0.25, -0.2) is 4.98 Å². The highest BCUT2D eigenvalue weighted by atomic mass is 16.2. The first-order chi connectivity index (χ1) is 15.1. The number of carbonyl (C=O) groups excluding carboxylic acids is 3. The molecule has 0 spiro atoms. The lowest BCUT2D eigenvalue weighted by atomic mass is 9.81. The number of imidazole rings is 1. The molecule has 7 heteroatoms. The predicted octanol–water partition coefficient (Wildman–Crippen LogP) is 3.73. The highest BCUT2D eigenvalue weighted by molar-refractivity contribution is 6.05. The maximum Gasteiger partial charge on any atom is 0.233 e. The highest BCUT2D eigenvalue weighted by Gasteiger charge is 2.47. The summed E-state index contributed by atoms with van der Waals surface area (Å²) in [6, 6.07) is 15.2. The molecule has 2 aromatic carbocycles. The van der Waals surface area contributed by atoms with Gasteiger partial charge in [-0.05, 0) is 37.1 Å². The summed E-state index contributed by atoms with van der Waals surface area (Å²) in [6.45, 7) is 0.128. The molecule has 1 aliphatic heterocycles. The van der Waals surface area contributed by atoms with Crippen molar-refractivity contribution in [1.29, 1.82) is 0 Å². The molecule has 7 nitrogen and oxygen atoms in total. The molecule has 0 radical (unpaired) electrons. The molecule has 158 valence electrons. The molecule has 2 N–H and O–H groups in total. The van der Waals surface area contributed by atoms with Gasteiger partial charge in [-0.15, -0.1) is 0 Å². The minimum absolute atomic E-state index is 0.0748. The van der Waals surface area contributed by atoms with Crippen molar-refractivity contribution in [2.24, 2.45) is 11.8 Å². The smallest absolute Gasteiger partial charge is 0.233 e. The van der Waals surface area contributed by atoms with E-state index in [1.807, 2.05) is 48.5 Å². The number of aromatic nitrogens is 2. The van der Waals surface area contributed by atoms with Gasteiger partial charge >= 0.3 is 0 Å². The number of imide groups is 1. The third-order valence-electron chi connectivity index (χ3n) is 6.34. The van der Waals surface area contributed by atoms with E-state index < -0.39 is 0 Å². The molecule has 2 fully saturated rings. The molecule has 2 atom stereocenters. The zero-order valence-corrected chi connectivity index (χ0v) is 17.1. The van der Waals surface area contributed by atoms with Crippen LogP contribution in [-0.4, -0.2) is 39.1 Å². The number of likely N-dealkylation sites (tertiary alicyclic amines) is 1. The van der Waals surface area contributed by atoms with Gasteiger partial charge in [0.15, 0.2) is 0 Å². The summed E-state index contributed by atoms with van der Waals surface area (Å²) in [5, 5.41) is 2.92. The Morgan fingerprint density at radius 3 is 2.42 bits per heavy atom. The monoisotopic (exact) mass is 416 g/mol. The first-order valence-electron chi connectivity index (χ1n) is 10.8. The number of nitrogens with one attached hydrogen (secondary N) is 2. The third kappa shape index (κ3) is 3.60. The van der Waals surface area contributed by atoms with Crippen molar-refractivity contribution in [2.75, 3.05) is 11.9 Å². The van der Waals surface area contributed by atoms with E-state index in [0.717, 1.165) is 42.3 Å². The second-order valence-corrected chi connectivity index (χ2v) is 8.27. The van der Waals surface area contributed by atoms with E-state index in [1.165, 1.54) is 4.90 Å². The van der Waals surface area contributed by atoms with Gasteiger partial charge in [-0.3, -0.25) is 19.3 Å². The average molecular weight is 416 g/mol. The fourth-order valence-corrected chi connectivity index (χ4v) is 4.76. The number of fused-ring (bicyclic) bond motifs is 2. The van der Waals surface area contributed by atoms with Crippen LogP contribution < -0.4 is 5.32 Å². The number of rotatable bonds is 5. The Kier molecular flexibility index (Phi) is 5.02. The van der Waals surface area contributed by atoms with E-state index >= 15 is 0 Å². The lowest BCUT2D eigenvalue weighted by molar-refractivity contribution is -0.140. The molecule has 1 saturated heterocycles. The van der Waals surface area contributed by atoms with E-state index in [0.29, 0.717) is 11.5 Å². The van der Waals surface area contributed by atoms with Gasteiger partial charge in [0.05, 0.1) is 28.6 Å². The molecule has 1 saturated carbocycles. The third-order valence-corrected chi connectivity index (χ3v) is 6.34. The van der Waals surface area contributed by atoms with Crippen molar-refractivity contribution in [3.8, 4) is 11.4 Å². The molecule has 2 unspecified atom stereocenters. The predicted molar refractivity (Wildman–Crippen MR) is 117 cm³/mol. The second kappa shape index (κ2) is 7.98. The number of para-hydroxylation sites is 3. The first-order valence-corrected chi connectivity index (χ1v) is 10.8. The summed E-state index contributed by atoms with van der Waals surface area (Å²) in [4.78, 5) is 47.1. The summed E-state index contributed by atoms with van der Waals surface area (Å²) in [7, 11) is 0. The maximum absolute atomic E-state index is 12.7. The standard InChI is InChI=1S/C24H24N4O3/c29-21(13-14-28-23(30)15-7-1-2-8-16(15)24(28)31)25-18-10-4-3-9-17(18)22-26-19-11-5-6-12-20(19)27-22/h3-6,9-12,15-16H,1-2,7-8,13-14H2,(H,25,29)(H,26,27). The van der Waals surface area contributed by atoms with Crippen LogP contribution in [0.4, 0.5) is 5.69 Å². The van der Waals surface area contributed by atoms with E-state index in [2.05, 4.69) is 15.3 Å². The number of carbonyl (C=O) groups is 3. The molecule has 3 aromatic rings. The number of H-pyrrole nitrogens is 1. The molecule has 2 heterocycles. The normalized spacial score (nSPS) is 20.8. The summed E-state index contributed by atoms with van der Waals surface area (Å²) < 4.78 is 0. The maximum atomic E-state index is 12.7. The van der Waals surface area contributed by atoms with Crippen LogP contribution in [0.3, 0.4) is 0 Å². The Morgan fingerprint density at radius 1 is 1.00 bits per heavy atom. The highest BCUT2D eigenvalue weighted by Crippen LogP contribution is 2.38. The molecule has 31 heavy (non-hydrogen) atoms. The van der Waals surface area contributed by atoms with Crippen molar-refractivity contribution >= 4 is 34.4 Å². The van der Waals surface area contributed by atoms with Gasteiger partial charge in [0.25, 0.3) is 0 Å². The van der Waals surface area contributed by atoms with Crippen LogP contribution >= 0.6 is 0 Å². The van der Waals surface area contributed by atoms with E-state index in [9.17, 15) is 14.4 Å². The van der Waals surface area contributed by atoms with Crippen LogP contribution in [0.15, 0.2) is 48.5 Å². The van der Waals surface area contributed by atoms with Crippen molar-refractivity contribution in [3.63, 3.8) is 0 Å². The van der Waals surface area contributed by atoms with E-state index in [4.69, 9.17) is 0 Å². The number of amides is 3. The first kappa shape index (κ1) is 19.5. The van der Waals surface area contributed by atoms with Crippen molar-refractivity contribution < 1.29 is 14.4 Å². The zero-order valence-electron chi connectivity index (χ0n) is 17.1. The molecule has 2 aliphatic rings. The summed E-state index contributed by atoms with van der Waals surface area (Å²) >= 11 is 0. The number of hydrogen-bond donors (Lipinski definition) is 2. The molecule has 1 aliphatic carbocycles. The lowest BCUT2D eigenvalue weighted by Crippen LogP contribution is -2.34. The fraction of sp³-hybridized carbons (Fsp3) is 0.333. The van der Waals surface area contributed by atoms with E-state index in [1.54, 1.807) is 0 Å². The minimum atomic E-state index is -0.237. The molecular weight excluding hydrogens is 392 g/mol. The molecule has 5 rings (SSSR count). The van der Waals surface area contributed by atoms with Gasteiger partial charge in [-0.2, -0.15) is 0 Å². The van der Waals surface area contributed by atoms with Crippen LogP contribution in [0.1, 0.15) is 32.1 Å². The number of nitrogens with zero attached hydrogens (tertiary/aromatic N) is 2. The van der Waals surface area contributed by atoms with Gasteiger partial charge in [-0.1, -0.05) is 37.1 Å². The number of hydrogen-bond acceptors (Lipinski definition) is 4. The molecular formula is C24H24N4O3. The molecule has 3 amide bonds. The van der Waals surface area contributed by atoms with Crippen LogP contribution in [0.25, 0.3) is 22.4 Å². The Labute approximate surface area is 179 Å². The Morgan fingerprint density at radius 2 is 1.68 bits per heavy atom. The second-order valence-electron chi connectivity index (χ2n) is 8.27. The summed E-state index contributed by atoms with van der Waals surface area (Å²) in [6.07, 6.45) is 3.62. The molecule has 1 aromatic heterocycles. The topological polar surface area (TPSA) is 95.2 Å². The van der Waals surface area contributed by atoms with Crippen LogP contribution in [-0.2, 0) is 14.4 Å². The van der Waals surface area contributed by atoms with Gasteiger partial charge in [0, 0.05) is 18.5 Å². The van der Waals surface area contributed by atoms with Crippen molar-refractivity contribution in [3.05, 3.63) is 48.5 Å². The van der Waals surface area contributed by atoms with Gasteiger partial charge in [0.1, 0.15) is 5.82 Å².